The number of hydrogen-bond acceptors (Lipinski definition) is 0. The lowest BCUT2D eigenvalue weighted by Gasteiger charge is -2.18. The van der Waals surface area contributed by atoms with Gasteiger partial charge in [0.1, 0.15) is 0 Å². The largest absolute Gasteiger partial charge is 1.00 e. The van der Waals surface area contributed by atoms with E-state index in [2.05, 4.69) is 45.0 Å². The van der Waals surface area contributed by atoms with Gasteiger partial charge in [-0.05, 0) is 17.0 Å². The van der Waals surface area contributed by atoms with Gasteiger partial charge in [-0.1, -0.05) is 39.0 Å². The smallest absolute Gasteiger partial charge is 0.0902 e. The molecule has 0 aliphatic heterocycles. The van der Waals surface area contributed by atoms with E-state index in [1.54, 1.807) is 0 Å². The van der Waals surface area contributed by atoms with E-state index >= 15 is 0 Å². The van der Waals surface area contributed by atoms with Crippen LogP contribution in [0.25, 0.3) is 0 Å². The van der Waals surface area contributed by atoms with Crippen molar-refractivity contribution in [2.24, 2.45) is 0 Å². The molecule has 1 unspecified atom stereocenters. The first-order valence-electron chi connectivity index (χ1n) is 3.93. The molecular formula is C10H16ClP. The summed E-state index contributed by atoms with van der Waals surface area (Å²) in [5, 5.41) is 1.42. The molecule has 0 bridgehead atoms. The molecule has 1 rings (SSSR count). The highest BCUT2D eigenvalue weighted by molar-refractivity contribution is 7.27. The molecule has 0 fully saturated rings. The Morgan fingerprint density at radius 3 is 1.92 bits per heavy atom. The second kappa shape index (κ2) is 4.25. The van der Waals surface area contributed by atoms with Crippen LogP contribution < -0.4 is 17.7 Å². The first-order chi connectivity index (χ1) is 5.02. The van der Waals surface area contributed by atoms with Gasteiger partial charge in [-0.2, -0.15) is 0 Å². The number of benzene rings is 1. The van der Waals surface area contributed by atoms with Crippen molar-refractivity contribution in [3.8, 4) is 0 Å². The summed E-state index contributed by atoms with van der Waals surface area (Å²) in [6.07, 6.45) is 0. The van der Waals surface area contributed by atoms with E-state index in [0.717, 1.165) is 0 Å². The van der Waals surface area contributed by atoms with Crippen LogP contribution in [0, 0.1) is 0 Å². The molecule has 0 aliphatic rings. The molecule has 2 heteroatoms. The lowest BCUT2D eigenvalue weighted by molar-refractivity contribution is -0.00000263. The van der Waals surface area contributed by atoms with Crippen molar-refractivity contribution in [3.05, 3.63) is 29.8 Å². The van der Waals surface area contributed by atoms with Crippen molar-refractivity contribution in [2.75, 3.05) is 0 Å². The van der Waals surface area contributed by atoms with Crippen LogP contribution in [0.15, 0.2) is 24.3 Å². The first kappa shape index (κ1) is 11.9. The van der Waals surface area contributed by atoms with Gasteiger partial charge in [0.15, 0.2) is 0 Å². The average Bonchev–Trinajstić information content (AvgIpc) is 1.86. The van der Waals surface area contributed by atoms with E-state index in [1.807, 2.05) is 9.24 Å². The lowest BCUT2D eigenvalue weighted by atomic mass is 9.87. The Labute approximate surface area is 83.4 Å². The Balaban J connectivity index is 0.00000121. The van der Waals surface area contributed by atoms with Crippen molar-refractivity contribution >= 4 is 14.5 Å². The summed E-state index contributed by atoms with van der Waals surface area (Å²) < 4.78 is 0. The Morgan fingerprint density at radius 1 is 1.08 bits per heavy atom. The average molecular weight is 203 g/mol. The van der Waals surface area contributed by atoms with Crippen LogP contribution in [0.2, 0.25) is 0 Å². The highest BCUT2D eigenvalue weighted by Crippen LogP contribution is 2.20. The van der Waals surface area contributed by atoms with Crippen molar-refractivity contribution in [3.63, 3.8) is 0 Å². The standard InChI is InChI=1S/C10H15P.ClH/c1-10(2,3)8-6-4-5-7-9(8)11;/h4-7H,11H2,1-3H3;1H. The van der Waals surface area contributed by atoms with E-state index < -0.39 is 0 Å². The van der Waals surface area contributed by atoms with Gasteiger partial charge < -0.3 is 12.4 Å². The molecule has 0 saturated heterocycles. The SMILES string of the molecule is CC(C)(C)c1ccccc1[PH3+].[Cl-]. The van der Waals surface area contributed by atoms with Crippen LogP contribution in [0.4, 0.5) is 0 Å². The zero-order chi connectivity index (χ0) is 8.48. The minimum absolute atomic E-state index is 0. The predicted molar refractivity (Wildman–Crippen MR) is 55.9 cm³/mol. The van der Waals surface area contributed by atoms with Crippen molar-refractivity contribution < 1.29 is 12.4 Å². The van der Waals surface area contributed by atoms with E-state index in [1.165, 1.54) is 10.9 Å². The van der Waals surface area contributed by atoms with E-state index in [-0.39, 0.29) is 12.4 Å². The number of hydrogen-bond donors (Lipinski definition) is 0. The summed E-state index contributed by atoms with van der Waals surface area (Å²) >= 11 is 0. The Hall–Kier alpha value is -0.0600. The highest BCUT2D eigenvalue weighted by Gasteiger charge is 2.16. The summed E-state index contributed by atoms with van der Waals surface area (Å²) in [5.41, 5.74) is 1.75. The molecule has 0 N–H and O–H groups in total. The van der Waals surface area contributed by atoms with Crippen molar-refractivity contribution in [1.29, 1.82) is 0 Å². The maximum Gasteiger partial charge on any atom is 0.0902 e. The Morgan fingerprint density at radius 2 is 1.58 bits per heavy atom. The molecule has 0 amide bonds. The van der Waals surface area contributed by atoms with Crippen LogP contribution >= 0.6 is 9.24 Å². The van der Waals surface area contributed by atoms with Gasteiger partial charge in [0.25, 0.3) is 0 Å². The van der Waals surface area contributed by atoms with Gasteiger partial charge in [-0.25, -0.2) is 0 Å². The molecule has 0 aliphatic carbocycles. The van der Waals surface area contributed by atoms with Crippen LogP contribution in [0.3, 0.4) is 0 Å². The second-order valence-corrected chi connectivity index (χ2v) is 4.67. The molecule has 1 aromatic carbocycles. The first-order valence-corrected chi connectivity index (χ1v) is 4.64. The molecule has 0 radical (unpaired) electrons. The molecule has 0 saturated carbocycles. The van der Waals surface area contributed by atoms with Crippen LogP contribution in [-0.2, 0) is 5.41 Å². The third-order valence-electron chi connectivity index (χ3n) is 1.83. The topological polar surface area (TPSA) is 0 Å². The summed E-state index contributed by atoms with van der Waals surface area (Å²) in [6, 6.07) is 8.59. The molecule has 68 valence electrons. The summed E-state index contributed by atoms with van der Waals surface area (Å²) in [4.78, 5) is 0. The molecular weight excluding hydrogens is 187 g/mol. The molecule has 0 aromatic heterocycles. The Bertz CT molecular complexity index is 250. The minimum Gasteiger partial charge on any atom is -1.00 e. The fourth-order valence-corrected chi connectivity index (χ4v) is 2.04. The summed E-state index contributed by atoms with van der Waals surface area (Å²) in [5.74, 6) is 0. The van der Waals surface area contributed by atoms with E-state index in [9.17, 15) is 0 Å². The lowest BCUT2D eigenvalue weighted by Crippen LogP contribution is -3.00. The zero-order valence-corrected chi connectivity index (χ0v) is 10.1. The molecule has 0 nitrogen and oxygen atoms in total. The second-order valence-electron chi connectivity index (χ2n) is 3.91. The minimum atomic E-state index is 0. The summed E-state index contributed by atoms with van der Waals surface area (Å²) in [7, 11) is 1.97. The van der Waals surface area contributed by atoms with Gasteiger partial charge in [-0.15, -0.1) is 0 Å². The summed E-state index contributed by atoms with van der Waals surface area (Å²) in [6.45, 7) is 6.75. The van der Waals surface area contributed by atoms with Crippen LogP contribution in [0.1, 0.15) is 26.3 Å². The van der Waals surface area contributed by atoms with Gasteiger partial charge in [-0.3, -0.25) is 0 Å². The molecule has 1 atom stereocenters. The highest BCUT2D eigenvalue weighted by atomic mass is 35.5. The molecule has 0 heterocycles. The van der Waals surface area contributed by atoms with Gasteiger partial charge >= 0.3 is 0 Å². The Kier molecular flexibility index (Phi) is 4.23. The monoisotopic (exact) mass is 202 g/mol. The van der Waals surface area contributed by atoms with Gasteiger partial charge in [0.05, 0.1) is 5.30 Å². The molecule has 0 spiro atoms. The van der Waals surface area contributed by atoms with Crippen LogP contribution in [0.5, 0.6) is 0 Å². The normalized spacial score (nSPS) is 10.9. The molecule has 12 heavy (non-hydrogen) atoms. The fraction of sp³-hybridized carbons (Fsp3) is 0.400. The maximum absolute atomic E-state index is 2.25. The van der Waals surface area contributed by atoms with Crippen LogP contribution in [-0.4, -0.2) is 0 Å². The predicted octanol–water partition coefficient (Wildman–Crippen LogP) is -0.779. The fourth-order valence-electron chi connectivity index (χ4n) is 1.25. The number of rotatable bonds is 0. The zero-order valence-electron chi connectivity index (χ0n) is 7.89. The van der Waals surface area contributed by atoms with E-state index in [0.29, 0.717) is 5.41 Å². The van der Waals surface area contributed by atoms with Gasteiger partial charge in [0, 0.05) is 9.24 Å². The quantitative estimate of drug-likeness (QED) is 0.485. The van der Waals surface area contributed by atoms with Crippen molar-refractivity contribution in [2.45, 2.75) is 26.2 Å². The third kappa shape index (κ3) is 2.77. The number of halogens is 1. The maximum atomic E-state index is 2.25. The van der Waals surface area contributed by atoms with E-state index in [4.69, 9.17) is 0 Å². The van der Waals surface area contributed by atoms with Gasteiger partial charge in [0.2, 0.25) is 0 Å². The molecule has 1 aromatic rings. The third-order valence-corrected chi connectivity index (χ3v) is 2.44. The van der Waals surface area contributed by atoms with Crippen molar-refractivity contribution in [1.82, 2.24) is 0 Å².